The zero-order chi connectivity index (χ0) is 22.1. The molecule has 0 saturated heterocycles. The van der Waals surface area contributed by atoms with Crippen LogP contribution in [-0.2, 0) is 6.42 Å². The van der Waals surface area contributed by atoms with Gasteiger partial charge in [0.05, 0.1) is 11.4 Å². The van der Waals surface area contributed by atoms with E-state index < -0.39 is 11.6 Å². The molecule has 160 valence electrons. The molecule has 0 saturated carbocycles. The van der Waals surface area contributed by atoms with E-state index in [4.69, 9.17) is 4.99 Å². The first-order valence-electron chi connectivity index (χ1n) is 10.5. The fraction of sp³-hybridized carbons (Fsp3) is 0.360. The number of aliphatic hydroxyl groups excluding tert-OH is 1. The summed E-state index contributed by atoms with van der Waals surface area (Å²) in [5, 5.41) is 9.60. The summed E-state index contributed by atoms with van der Waals surface area (Å²) >= 11 is 0. The Labute approximate surface area is 177 Å². The van der Waals surface area contributed by atoms with Gasteiger partial charge in [0.25, 0.3) is 0 Å². The molecule has 0 amide bonds. The monoisotopic (exact) mass is 412 g/mol. The van der Waals surface area contributed by atoms with Crippen molar-refractivity contribution in [2.45, 2.75) is 46.5 Å². The molecule has 5 heteroatoms. The van der Waals surface area contributed by atoms with Gasteiger partial charge in [-0.2, -0.15) is 0 Å². The number of aliphatic imine (C=N–C) groups is 2. The molecule has 2 rings (SSSR count). The second-order valence-electron chi connectivity index (χ2n) is 7.06. The van der Waals surface area contributed by atoms with Crippen molar-refractivity contribution >= 4 is 17.2 Å². The maximum atomic E-state index is 14.5. The molecule has 0 unspecified atom stereocenters. The number of hydrogen-bond acceptors (Lipinski definition) is 3. The van der Waals surface area contributed by atoms with Crippen LogP contribution in [0, 0.1) is 11.6 Å². The van der Waals surface area contributed by atoms with Gasteiger partial charge in [0.1, 0.15) is 17.4 Å². The number of halogens is 2. The van der Waals surface area contributed by atoms with Gasteiger partial charge in [-0.1, -0.05) is 57.5 Å². The number of benzene rings is 2. The lowest BCUT2D eigenvalue weighted by atomic mass is 9.96. The fourth-order valence-corrected chi connectivity index (χ4v) is 3.21. The fourth-order valence-electron chi connectivity index (χ4n) is 3.21. The van der Waals surface area contributed by atoms with Crippen molar-refractivity contribution < 1.29 is 13.9 Å². The topological polar surface area (TPSA) is 45.0 Å². The third-order valence-corrected chi connectivity index (χ3v) is 4.83. The number of rotatable bonds is 10. The minimum Gasteiger partial charge on any atom is -0.508 e. The van der Waals surface area contributed by atoms with Gasteiger partial charge in [-0.25, -0.2) is 8.78 Å². The summed E-state index contributed by atoms with van der Waals surface area (Å²) in [7, 11) is 0. The molecule has 0 atom stereocenters. The summed E-state index contributed by atoms with van der Waals surface area (Å²) in [5.74, 6) is -1.17. The first-order chi connectivity index (χ1) is 14.4. The van der Waals surface area contributed by atoms with Crippen LogP contribution in [0.3, 0.4) is 0 Å². The van der Waals surface area contributed by atoms with Gasteiger partial charge < -0.3 is 5.11 Å². The molecule has 0 bridgehead atoms. The van der Waals surface area contributed by atoms with Crippen LogP contribution in [0.4, 0.5) is 8.78 Å². The largest absolute Gasteiger partial charge is 0.508 e. The van der Waals surface area contributed by atoms with E-state index in [0.29, 0.717) is 35.6 Å². The quantitative estimate of drug-likeness (QED) is 0.269. The maximum absolute atomic E-state index is 14.5. The second-order valence-corrected chi connectivity index (χ2v) is 7.06. The van der Waals surface area contributed by atoms with Crippen LogP contribution >= 0.6 is 0 Å². The van der Waals surface area contributed by atoms with Crippen molar-refractivity contribution in [2.75, 3.05) is 13.1 Å². The van der Waals surface area contributed by atoms with Gasteiger partial charge in [0, 0.05) is 35.3 Å². The van der Waals surface area contributed by atoms with Gasteiger partial charge in [-0.05, 0) is 31.9 Å². The Morgan fingerprint density at radius 2 is 1.43 bits per heavy atom. The molecule has 3 nitrogen and oxygen atoms in total. The van der Waals surface area contributed by atoms with Crippen molar-refractivity contribution in [3.8, 4) is 0 Å². The molecule has 0 radical (unpaired) electrons. The second kappa shape index (κ2) is 11.4. The normalized spacial score (nSPS) is 12.3. The predicted molar refractivity (Wildman–Crippen MR) is 122 cm³/mol. The average molecular weight is 413 g/mol. The first-order valence-corrected chi connectivity index (χ1v) is 10.5. The third-order valence-electron chi connectivity index (χ3n) is 4.83. The van der Waals surface area contributed by atoms with Crippen LogP contribution in [0.25, 0.3) is 5.76 Å². The summed E-state index contributed by atoms with van der Waals surface area (Å²) in [6.45, 7) is 10.3. The average Bonchev–Trinajstić information content (AvgIpc) is 2.72. The van der Waals surface area contributed by atoms with E-state index in [9.17, 15) is 13.9 Å². The molecule has 2 aromatic rings. The van der Waals surface area contributed by atoms with E-state index >= 15 is 0 Å². The first kappa shape index (κ1) is 23.5. The van der Waals surface area contributed by atoms with Gasteiger partial charge in [-0.15, -0.1) is 0 Å². The highest BCUT2D eigenvalue weighted by Gasteiger charge is 2.18. The summed E-state index contributed by atoms with van der Waals surface area (Å²) in [4.78, 5) is 9.31. The van der Waals surface area contributed by atoms with Gasteiger partial charge >= 0.3 is 0 Å². The van der Waals surface area contributed by atoms with Crippen LogP contribution in [0.15, 0.2) is 53.0 Å². The van der Waals surface area contributed by atoms with E-state index in [-0.39, 0.29) is 17.7 Å². The molecule has 2 aromatic carbocycles. The smallest absolute Gasteiger partial charge is 0.129 e. The van der Waals surface area contributed by atoms with Crippen LogP contribution in [0.2, 0.25) is 0 Å². The lowest BCUT2D eigenvalue weighted by Crippen LogP contribution is -2.19. The molecule has 1 N–H and O–H groups in total. The lowest BCUT2D eigenvalue weighted by Gasteiger charge is -2.14. The molecule has 0 heterocycles. The molecule has 0 spiro atoms. The zero-order valence-electron chi connectivity index (χ0n) is 18.0. The molecule has 30 heavy (non-hydrogen) atoms. The molecule has 0 aliphatic carbocycles. The SMILES string of the molecule is C=C(O)c1ccc(C(=N/CCCCC)/C(=N\CC)c2cc(F)c(CC)c(F)c2)cc1. The highest BCUT2D eigenvalue weighted by Crippen LogP contribution is 2.20. The molecule has 0 aliphatic rings. The standard InChI is InChI=1S/C25H30F2N2O/c1-5-8-9-14-29-24(19-12-10-18(11-13-19)17(4)30)25(28-7-3)20-15-22(26)21(6-2)23(27)16-20/h10-13,15-16,30H,4-9,14H2,1-3H3/b28-25-,29-24-. The van der Waals surface area contributed by atoms with E-state index in [1.807, 2.05) is 19.1 Å². The van der Waals surface area contributed by atoms with E-state index in [1.54, 1.807) is 19.1 Å². The summed E-state index contributed by atoms with van der Waals surface area (Å²) in [6.07, 6.45) is 3.32. The third kappa shape index (κ3) is 5.85. The van der Waals surface area contributed by atoms with Crippen LogP contribution < -0.4 is 0 Å². The van der Waals surface area contributed by atoms with Gasteiger partial charge in [0.15, 0.2) is 0 Å². The summed E-state index contributed by atoms with van der Waals surface area (Å²) in [5.41, 5.74) is 2.86. The molecular weight excluding hydrogens is 382 g/mol. The van der Waals surface area contributed by atoms with Gasteiger partial charge in [-0.3, -0.25) is 9.98 Å². The Morgan fingerprint density at radius 3 is 1.93 bits per heavy atom. The summed E-state index contributed by atoms with van der Waals surface area (Å²) < 4.78 is 29.0. The van der Waals surface area contributed by atoms with E-state index in [2.05, 4.69) is 18.5 Å². The van der Waals surface area contributed by atoms with Crippen LogP contribution in [0.5, 0.6) is 0 Å². The molecule has 0 aliphatic heterocycles. The van der Waals surface area contributed by atoms with Crippen molar-refractivity contribution in [3.63, 3.8) is 0 Å². The Morgan fingerprint density at radius 1 is 0.867 bits per heavy atom. The lowest BCUT2D eigenvalue weighted by molar-refractivity contribution is 0.514. The number of nitrogens with zero attached hydrogens (tertiary/aromatic N) is 2. The Kier molecular flexibility index (Phi) is 8.90. The zero-order valence-corrected chi connectivity index (χ0v) is 18.0. The molecular formula is C25H30F2N2O. The van der Waals surface area contributed by atoms with Gasteiger partial charge in [0.2, 0.25) is 0 Å². The minimum absolute atomic E-state index is 0.0234. The van der Waals surface area contributed by atoms with Crippen molar-refractivity contribution in [2.24, 2.45) is 9.98 Å². The number of unbranched alkanes of at least 4 members (excludes halogenated alkanes) is 2. The maximum Gasteiger partial charge on any atom is 0.129 e. The minimum atomic E-state index is -0.575. The highest BCUT2D eigenvalue weighted by molar-refractivity contribution is 6.53. The van der Waals surface area contributed by atoms with Crippen molar-refractivity contribution in [3.05, 3.63) is 76.9 Å². The number of aliphatic hydroxyl groups is 1. The predicted octanol–water partition coefficient (Wildman–Crippen LogP) is 6.54. The van der Waals surface area contributed by atoms with Crippen molar-refractivity contribution in [1.82, 2.24) is 0 Å². The van der Waals surface area contributed by atoms with E-state index in [1.165, 1.54) is 12.1 Å². The number of hydrogen-bond donors (Lipinski definition) is 1. The van der Waals surface area contributed by atoms with E-state index in [0.717, 1.165) is 24.8 Å². The van der Waals surface area contributed by atoms with Crippen molar-refractivity contribution in [1.29, 1.82) is 0 Å². The summed E-state index contributed by atoms with van der Waals surface area (Å²) in [6, 6.07) is 9.78. The van der Waals surface area contributed by atoms with Crippen LogP contribution in [0.1, 0.15) is 62.3 Å². The Bertz CT molecular complexity index is 908. The highest BCUT2D eigenvalue weighted by atomic mass is 19.1. The Hall–Kier alpha value is -2.82. The van der Waals surface area contributed by atoms with Crippen LogP contribution in [-0.4, -0.2) is 29.6 Å². The Balaban J connectivity index is 2.57. The molecule has 0 fully saturated rings. The molecule has 0 aromatic heterocycles.